The number of benzene rings is 2. The fourth-order valence-corrected chi connectivity index (χ4v) is 5.58. The number of carbonyl (C=O) groups is 1. The Labute approximate surface area is 190 Å². The van der Waals surface area contributed by atoms with E-state index in [1.807, 2.05) is 24.3 Å². The lowest BCUT2D eigenvalue weighted by atomic mass is 9.70. The first-order valence-electron chi connectivity index (χ1n) is 11.4. The van der Waals surface area contributed by atoms with Crippen LogP contribution in [0.1, 0.15) is 47.7 Å². The molecule has 5 rings (SSSR count). The third-order valence-corrected chi connectivity index (χ3v) is 7.42. The molecule has 2 aromatic carbocycles. The van der Waals surface area contributed by atoms with Crippen molar-refractivity contribution in [2.75, 3.05) is 18.5 Å². The number of ketones is 1. The van der Waals surface area contributed by atoms with Crippen LogP contribution in [0.25, 0.3) is 0 Å². The summed E-state index contributed by atoms with van der Waals surface area (Å²) in [6, 6.07) is 14.4. The maximum Gasteiger partial charge on any atom is 0.198 e. The number of ether oxygens (including phenoxy) is 1. The number of aryl methyl sites for hydroxylation is 1. The van der Waals surface area contributed by atoms with E-state index in [0.29, 0.717) is 29.4 Å². The van der Waals surface area contributed by atoms with Crippen LogP contribution in [-0.4, -0.2) is 35.4 Å². The summed E-state index contributed by atoms with van der Waals surface area (Å²) < 4.78 is 5.74. The Hall–Kier alpha value is -3.27. The number of fused-ring (bicyclic) bond motifs is 5. The number of hydrogen-bond donors (Lipinski definition) is 1. The number of para-hydroxylation sites is 1. The topological polar surface area (TPSA) is 41.6 Å². The molecule has 0 aliphatic carbocycles. The molecule has 1 N–H and O–H groups in total. The molecule has 0 amide bonds. The number of piperidine rings is 1. The minimum absolute atomic E-state index is 0.00789. The summed E-state index contributed by atoms with van der Waals surface area (Å²) in [6.45, 7) is 11.6. The molecule has 0 aromatic heterocycles. The Balaban J connectivity index is 1.47. The second-order valence-electron chi connectivity index (χ2n) is 9.29. The van der Waals surface area contributed by atoms with Crippen molar-refractivity contribution in [2.24, 2.45) is 0 Å². The molecule has 1 fully saturated rings. The van der Waals surface area contributed by atoms with Gasteiger partial charge in [0, 0.05) is 29.9 Å². The molecule has 4 heteroatoms. The van der Waals surface area contributed by atoms with Gasteiger partial charge in [-0.15, -0.1) is 0 Å². The number of nitrogens with one attached hydrogen (secondary N) is 1. The van der Waals surface area contributed by atoms with Gasteiger partial charge in [0.25, 0.3) is 0 Å². The number of allylic oxidation sites excluding steroid dienone is 2. The number of nitrogens with zero attached hydrogens (tertiary/aromatic N) is 1. The molecule has 0 bridgehead atoms. The SMILES string of the molecule is C=CCOc1ccccc1C(=O)C1=CN2CCC3c4cc(C)ccc4NC3C2(C)C(C)=C1. The lowest BCUT2D eigenvalue weighted by Gasteiger charge is -2.53. The van der Waals surface area contributed by atoms with Gasteiger partial charge in [0.15, 0.2) is 5.78 Å². The molecule has 0 saturated carbocycles. The van der Waals surface area contributed by atoms with Crippen molar-refractivity contribution < 1.29 is 9.53 Å². The van der Waals surface area contributed by atoms with Crippen molar-refractivity contribution in [2.45, 2.75) is 44.7 Å². The third-order valence-electron chi connectivity index (χ3n) is 7.42. The van der Waals surface area contributed by atoms with Crippen LogP contribution in [0.4, 0.5) is 5.69 Å². The van der Waals surface area contributed by atoms with Crippen molar-refractivity contribution in [3.63, 3.8) is 0 Å². The highest BCUT2D eigenvalue weighted by Crippen LogP contribution is 2.51. The molecule has 3 atom stereocenters. The average Bonchev–Trinajstić information content (AvgIpc) is 3.17. The smallest absolute Gasteiger partial charge is 0.198 e. The van der Waals surface area contributed by atoms with E-state index in [-0.39, 0.29) is 17.4 Å². The van der Waals surface area contributed by atoms with Gasteiger partial charge >= 0.3 is 0 Å². The fourth-order valence-electron chi connectivity index (χ4n) is 5.58. The maximum atomic E-state index is 13.5. The van der Waals surface area contributed by atoms with Crippen LogP contribution in [0.3, 0.4) is 0 Å². The van der Waals surface area contributed by atoms with Crippen LogP contribution in [0.5, 0.6) is 5.75 Å². The quantitative estimate of drug-likeness (QED) is 0.497. The van der Waals surface area contributed by atoms with Crippen LogP contribution in [0.2, 0.25) is 0 Å². The molecule has 3 aliphatic rings. The van der Waals surface area contributed by atoms with Crippen LogP contribution in [0, 0.1) is 6.92 Å². The van der Waals surface area contributed by atoms with Gasteiger partial charge < -0.3 is 15.0 Å². The van der Waals surface area contributed by atoms with Gasteiger partial charge in [-0.25, -0.2) is 0 Å². The monoisotopic (exact) mass is 426 g/mol. The molecule has 32 heavy (non-hydrogen) atoms. The Morgan fingerprint density at radius 1 is 1.28 bits per heavy atom. The zero-order chi connectivity index (χ0) is 22.5. The van der Waals surface area contributed by atoms with Gasteiger partial charge in [-0.2, -0.15) is 0 Å². The van der Waals surface area contributed by atoms with E-state index >= 15 is 0 Å². The molecule has 0 radical (unpaired) electrons. The molecule has 164 valence electrons. The molecule has 1 saturated heterocycles. The second-order valence-corrected chi connectivity index (χ2v) is 9.29. The third kappa shape index (κ3) is 3.09. The van der Waals surface area contributed by atoms with E-state index in [9.17, 15) is 4.79 Å². The first-order valence-corrected chi connectivity index (χ1v) is 11.4. The summed E-state index contributed by atoms with van der Waals surface area (Å²) in [5.41, 5.74) is 6.31. The van der Waals surface area contributed by atoms with E-state index in [2.05, 4.69) is 68.0 Å². The molecule has 3 aliphatic heterocycles. The summed E-state index contributed by atoms with van der Waals surface area (Å²) in [7, 11) is 0. The zero-order valence-electron chi connectivity index (χ0n) is 19.0. The molecule has 3 unspecified atom stereocenters. The first kappa shape index (κ1) is 20.6. The van der Waals surface area contributed by atoms with E-state index in [1.165, 1.54) is 22.4 Å². The molecule has 2 aromatic rings. The van der Waals surface area contributed by atoms with E-state index in [4.69, 9.17) is 4.74 Å². The zero-order valence-corrected chi connectivity index (χ0v) is 19.0. The van der Waals surface area contributed by atoms with Gasteiger partial charge in [0.2, 0.25) is 0 Å². The Kier molecular flexibility index (Phi) is 4.96. The molecular weight excluding hydrogens is 396 g/mol. The highest BCUT2D eigenvalue weighted by Gasteiger charge is 2.52. The van der Waals surface area contributed by atoms with Gasteiger partial charge in [0.05, 0.1) is 17.1 Å². The average molecular weight is 427 g/mol. The normalized spacial score (nSPS) is 25.5. The highest BCUT2D eigenvalue weighted by atomic mass is 16.5. The van der Waals surface area contributed by atoms with Crippen molar-refractivity contribution in [1.29, 1.82) is 0 Å². The maximum absolute atomic E-state index is 13.5. The largest absolute Gasteiger partial charge is 0.489 e. The van der Waals surface area contributed by atoms with Crippen LogP contribution in [0.15, 0.2) is 78.5 Å². The Bertz CT molecular complexity index is 1160. The lowest BCUT2D eigenvalue weighted by molar-refractivity contribution is 0.0992. The second kappa shape index (κ2) is 7.70. The van der Waals surface area contributed by atoms with Gasteiger partial charge in [-0.3, -0.25) is 4.79 Å². The Morgan fingerprint density at radius 2 is 2.09 bits per heavy atom. The van der Waals surface area contributed by atoms with Gasteiger partial charge in [-0.1, -0.05) is 42.5 Å². The highest BCUT2D eigenvalue weighted by molar-refractivity contribution is 6.12. The number of rotatable bonds is 5. The summed E-state index contributed by atoms with van der Waals surface area (Å²) in [5.74, 6) is 1.07. The fraction of sp³-hybridized carbons (Fsp3) is 0.321. The van der Waals surface area contributed by atoms with Crippen LogP contribution < -0.4 is 10.1 Å². The van der Waals surface area contributed by atoms with Crippen molar-refractivity contribution in [3.05, 3.63) is 95.2 Å². The molecule has 4 nitrogen and oxygen atoms in total. The number of anilines is 1. The van der Waals surface area contributed by atoms with Gasteiger partial charge in [0.1, 0.15) is 12.4 Å². The van der Waals surface area contributed by atoms with E-state index < -0.39 is 0 Å². The first-order chi connectivity index (χ1) is 15.4. The van der Waals surface area contributed by atoms with E-state index in [0.717, 1.165) is 13.0 Å². The molecular formula is C28H30N2O2. The number of hydrogen-bond acceptors (Lipinski definition) is 4. The van der Waals surface area contributed by atoms with E-state index in [1.54, 1.807) is 6.08 Å². The van der Waals surface area contributed by atoms with Crippen LogP contribution in [-0.2, 0) is 0 Å². The minimum atomic E-state index is -0.182. The summed E-state index contributed by atoms with van der Waals surface area (Å²) in [6.07, 6.45) is 6.88. The van der Waals surface area contributed by atoms with Crippen molar-refractivity contribution in [3.8, 4) is 5.75 Å². The minimum Gasteiger partial charge on any atom is -0.489 e. The molecule has 3 heterocycles. The summed E-state index contributed by atoms with van der Waals surface area (Å²) in [5, 5.41) is 3.82. The molecule has 0 spiro atoms. The predicted octanol–water partition coefficient (Wildman–Crippen LogP) is 5.63. The van der Waals surface area contributed by atoms with Crippen LogP contribution >= 0.6 is 0 Å². The Morgan fingerprint density at radius 3 is 2.91 bits per heavy atom. The lowest BCUT2D eigenvalue weighted by Crippen LogP contribution is -2.61. The standard InChI is InChI=1S/C28H30N2O2/c1-5-14-32-25-9-7-6-8-22(25)26(31)20-16-19(3)28(4)27-21(12-13-30(28)17-20)23-15-18(2)10-11-24(23)29-27/h5-11,15-17,21,27,29H,1,12-14H2,2-4H3. The summed E-state index contributed by atoms with van der Waals surface area (Å²) in [4.78, 5) is 15.9. The van der Waals surface area contributed by atoms with Crippen molar-refractivity contribution >= 4 is 11.5 Å². The van der Waals surface area contributed by atoms with Crippen molar-refractivity contribution in [1.82, 2.24) is 4.90 Å². The number of Topliss-reactive ketones (excluding diaryl/α,β-unsaturated/α-hetero) is 1. The van der Waals surface area contributed by atoms with Gasteiger partial charge in [-0.05, 0) is 62.6 Å². The summed E-state index contributed by atoms with van der Waals surface area (Å²) >= 11 is 0. The predicted molar refractivity (Wildman–Crippen MR) is 129 cm³/mol. The number of carbonyl (C=O) groups excluding carboxylic acids is 1.